The lowest BCUT2D eigenvalue weighted by atomic mass is 9.84. The topological polar surface area (TPSA) is 58.4 Å². The van der Waals surface area contributed by atoms with E-state index in [1.807, 2.05) is 48.4 Å². The predicted octanol–water partition coefficient (Wildman–Crippen LogP) is 4.07. The molecule has 4 rings (SSSR count). The van der Waals surface area contributed by atoms with E-state index in [2.05, 4.69) is 16.9 Å². The molecule has 2 saturated heterocycles. The first kappa shape index (κ1) is 21.6. The summed E-state index contributed by atoms with van der Waals surface area (Å²) in [5.41, 5.74) is 2.36. The second-order valence-corrected chi connectivity index (χ2v) is 9.07. The summed E-state index contributed by atoms with van der Waals surface area (Å²) >= 11 is 0. The molecule has 1 aromatic carbocycles. The number of piperidine rings is 1. The highest BCUT2D eigenvalue weighted by Gasteiger charge is 2.33. The van der Waals surface area contributed by atoms with Crippen molar-refractivity contribution in [3.63, 3.8) is 0 Å². The summed E-state index contributed by atoms with van der Waals surface area (Å²) in [5, 5.41) is 4.54. The molecule has 2 fully saturated rings. The minimum absolute atomic E-state index is 0.0397. The van der Waals surface area contributed by atoms with Crippen LogP contribution in [0.5, 0.6) is 0 Å². The Morgan fingerprint density at radius 3 is 2.23 bits per heavy atom. The number of benzene rings is 1. The minimum Gasteiger partial charge on any atom is -0.342 e. The van der Waals surface area contributed by atoms with Gasteiger partial charge >= 0.3 is 0 Å². The highest BCUT2D eigenvalue weighted by Crippen LogP contribution is 2.28. The molecular formula is C25H34N4O2. The number of nitrogens with zero attached hydrogens (tertiary/aromatic N) is 4. The number of amides is 2. The number of carbonyl (C=O) groups is 2. The van der Waals surface area contributed by atoms with Crippen molar-refractivity contribution in [1.29, 1.82) is 0 Å². The van der Waals surface area contributed by atoms with Crippen LogP contribution in [0.2, 0.25) is 0 Å². The van der Waals surface area contributed by atoms with Gasteiger partial charge in [0.05, 0.1) is 16.9 Å². The van der Waals surface area contributed by atoms with Crippen LogP contribution in [-0.2, 0) is 4.79 Å². The Morgan fingerprint density at radius 2 is 1.58 bits per heavy atom. The van der Waals surface area contributed by atoms with Crippen molar-refractivity contribution in [3.8, 4) is 5.69 Å². The van der Waals surface area contributed by atoms with Gasteiger partial charge in [0.15, 0.2) is 0 Å². The van der Waals surface area contributed by atoms with Gasteiger partial charge in [-0.1, -0.05) is 38.0 Å². The van der Waals surface area contributed by atoms with Crippen molar-refractivity contribution in [1.82, 2.24) is 19.6 Å². The van der Waals surface area contributed by atoms with Gasteiger partial charge in [0.25, 0.3) is 5.91 Å². The van der Waals surface area contributed by atoms with Gasteiger partial charge in [-0.3, -0.25) is 9.59 Å². The lowest BCUT2D eigenvalue weighted by Crippen LogP contribution is -2.44. The first-order chi connectivity index (χ1) is 15.0. The van der Waals surface area contributed by atoms with Crippen molar-refractivity contribution in [2.45, 2.75) is 52.4 Å². The number of carbonyl (C=O) groups excluding carboxylic acids is 2. The summed E-state index contributed by atoms with van der Waals surface area (Å²) < 4.78 is 1.78. The van der Waals surface area contributed by atoms with Gasteiger partial charge in [-0.2, -0.15) is 5.10 Å². The van der Waals surface area contributed by atoms with Crippen molar-refractivity contribution < 1.29 is 9.59 Å². The van der Waals surface area contributed by atoms with Crippen LogP contribution in [0, 0.1) is 18.8 Å². The van der Waals surface area contributed by atoms with E-state index in [1.54, 1.807) is 4.68 Å². The zero-order valence-electron chi connectivity index (χ0n) is 18.8. The number of hydrogen-bond acceptors (Lipinski definition) is 3. The predicted molar refractivity (Wildman–Crippen MR) is 121 cm³/mol. The van der Waals surface area contributed by atoms with E-state index in [-0.39, 0.29) is 11.8 Å². The molecule has 0 unspecified atom stereocenters. The molecule has 0 saturated carbocycles. The summed E-state index contributed by atoms with van der Waals surface area (Å²) in [5.74, 6) is 0.752. The first-order valence-electron chi connectivity index (χ1n) is 11.7. The minimum atomic E-state index is 0.0397. The molecule has 2 aliphatic heterocycles. The molecule has 0 N–H and O–H groups in total. The number of aryl methyl sites for hydroxylation is 1. The van der Waals surface area contributed by atoms with Gasteiger partial charge in [-0.15, -0.1) is 0 Å². The summed E-state index contributed by atoms with van der Waals surface area (Å²) in [7, 11) is 0. The third-order valence-corrected chi connectivity index (χ3v) is 6.99. The zero-order chi connectivity index (χ0) is 21.8. The highest BCUT2D eigenvalue weighted by atomic mass is 16.2. The molecule has 166 valence electrons. The maximum Gasteiger partial charge on any atom is 0.257 e. The standard InChI is InChI=1S/C25H34N4O2/c1-19(24(30)27-14-8-3-4-9-15-27)21-12-16-28(17-13-21)25(31)23-18-29(26-20(23)2)22-10-6-5-7-11-22/h5-7,10-11,18-19,21H,3-4,8-9,12-17H2,1-2H3/t19-/m1/s1. The Labute approximate surface area is 185 Å². The average molecular weight is 423 g/mol. The Bertz CT molecular complexity index is 892. The van der Waals surface area contributed by atoms with Crippen molar-refractivity contribution in [2.24, 2.45) is 11.8 Å². The van der Waals surface area contributed by atoms with E-state index < -0.39 is 0 Å². The van der Waals surface area contributed by atoms with Crippen LogP contribution >= 0.6 is 0 Å². The van der Waals surface area contributed by atoms with Gasteiger partial charge in [0.2, 0.25) is 5.91 Å². The van der Waals surface area contributed by atoms with Crippen LogP contribution in [0.3, 0.4) is 0 Å². The van der Waals surface area contributed by atoms with Crippen molar-refractivity contribution >= 4 is 11.8 Å². The molecule has 2 aromatic rings. The second-order valence-electron chi connectivity index (χ2n) is 9.07. The van der Waals surface area contributed by atoms with Crippen LogP contribution in [0.15, 0.2) is 36.5 Å². The second kappa shape index (κ2) is 9.67. The largest absolute Gasteiger partial charge is 0.342 e. The Hall–Kier alpha value is -2.63. The maximum atomic E-state index is 13.2. The highest BCUT2D eigenvalue weighted by molar-refractivity contribution is 5.95. The number of aromatic nitrogens is 2. The number of likely N-dealkylation sites (tertiary alicyclic amines) is 2. The van der Waals surface area contributed by atoms with Crippen LogP contribution in [0.4, 0.5) is 0 Å². The maximum absolute atomic E-state index is 13.2. The van der Waals surface area contributed by atoms with E-state index in [1.165, 1.54) is 12.8 Å². The fourth-order valence-corrected chi connectivity index (χ4v) is 4.94. The number of para-hydroxylation sites is 1. The SMILES string of the molecule is Cc1nn(-c2ccccc2)cc1C(=O)N1CCC([C@@H](C)C(=O)N2CCCCCC2)CC1. The molecule has 6 nitrogen and oxygen atoms in total. The summed E-state index contributed by atoms with van der Waals surface area (Å²) in [6, 6.07) is 9.86. The van der Waals surface area contributed by atoms with E-state index in [4.69, 9.17) is 0 Å². The van der Waals surface area contributed by atoms with Crippen LogP contribution < -0.4 is 0 Å². The molecule has 1 atom stereocenters. The summed E-state index contributed by atoms with van der Waals surface area (Å²) in [6.07, 6.45) is 8.34. The van der Waals surface area contributed by atoms with E-state index in [0.29, 0.717) is 30.5 Å². The Balaban J connectivity index is 1.36. The number of hydrogen-bond donors (Lipinski definition) is 0. The van der Waals surface area contributed by atoms with Gasteiger partial charge in [-0.25, -0.2) is 4.68 Å². The molecule has 2 aliphatic rings. The summed E-state index contributed by atoms with van der Waals surface area (Å²) in [4.78, 5) is 30.2. The molecule has 31 heavy (non-hydrogen) atoms. The van der Waals surface area contributed by atoms with Crippen molar-refractivity contribution in [3.05, 3.63) is 47.8 Å². The van der Waals surface area contributed by atoms with Crippen LogP contribution in [-0.4, -0.2) is 57.6 Å². The monoisotopic (exact) mass is 422 g/mol. The molecule has 0 spiro atoms. The molecule has 3 heterocycles. The van der Waals surface area contributed by atoms with Gasteiger partial charge < -0.3 is 9.80 Å². The van der Waals surface area contributed by atoms with E-state index in [0.717, 1.165) is 50.2 Å². The van der Waals surface area contributed by atoms with Gasteiger partial charge in [0.1, 0.15) is 0 Å². The van der Waals surface area contributed by atoms with Crippen LogP contribution in [0.1, 0.15) is 61.5 Å². The van der Waals surface area contributed by atoms with Gasteiger partial charge in [0, 0.05) is 38.3 Å². The Kier molecular flexibility index (Phi) is 6.73. The molecule has 0 bridgehead atoms. The van der Waals surface area contributed by atoms with Gasteiger partial charge in [-0.05, 0) is 50.7 Å². The smallest absolute Gasteiger partial charge is 0.257 e. The van der Waals surface area contributed by atoms with Crippen LogP contribution in [0.25, 0.3) is 5.69 Å². The zero-order valence-corrected chi connectivity index (χ0v) is 18.8. The quantitative estimate of drug-likeness (QED) is 0.746. The fraction of sp³-hybridized carbons (Fsp3) is 0.560. The first-order valence-corrected chi connectivity index (χ1v) is 11.7. The summed E-state index contributed by atoms with van der Waals surface area (Å²) in [6.45, 7) is 7.20. The normalized spacial score (nSPS) is 19.2. The van der Waals surface area contributed by atoms with E-state index in [9.17, 15) is 9.59 Å². The molecule has 0 radical (unpaired) electrons. The molecule has 1 aromatic heterocycles. The average Bonchev–Trinajstić information content (AvgIpc) is 3.01. The number of rotatable bonds is 4. The molecule has 0 aliphatic carbocycles. The third-order valence-electron chi connectivity index (χ3n) is 6.99. The molecule has 6 heteroatoms. The fourth-order valence-electron chi connectivity index (χ4n) is 4.94. The molecular weight excluding hydrogens is 388 g/mol. The lowest BCUT2D eigenvalue weighted by molar-refractivity contribution is -0.137. The Morgan fingerprint density at radius 1 is 0.935 bits per heavy atom. The third kappa shape index (κ3) is 4.83. The van der Waals surface area contributed by atoms with E-state index >= 15 is 0 Å². The van der Waals surface area contributed by atoms with Crippen molar-refractivity contribution in [2.75, 3.05) is 26.2 Å². The lowest BCUT2D eigenvalue weighted by Gasteiger charge is -2.36. The molecule has 2 amide bonds.